The third kappa shape index (κ3) is 2.18. The van der Waals surface area contributed by atoms with E-state index in [1.807, 2.05) is 0 Å². The maximum absolute atomic E-state index is 9.42. The minimum absolute atomic E-state index is 0.0999. The van der Waals surface area contributed by atoms with Gasteiger partial charge in [-0.2, -0.15) is 0 Å². The van der Waals surface area contributed by atoms with Gasteiger partial charge in [-0.05, 0) is 18.8 Å². The van der Waals surface area contributed by atoms with E-state index in [1.165, 1.54) is 0 Å². The SMILES string of the molecule is OCC[C@@H]1C[C@@H](O)[C@@H](O)[C@H](O)[C@@H]1O. The minimum atomic E-state index is -1.32. The summed E-state index contributed by atoms with van der Waals surface area (Å²) in [6.07, 6.45) is -4.16. The van der Waals surface area contributed by atoms with E-state index in [1.54, 1.807) is 0 Å². The summed E-state index contributed by atoms with van der Waals surface area (Å²) in [6, 6.07) is 0. The van der Waals surface area contributed by atoms with Gasteiger partial charge in [0, 0.05) is 6.61 Å². The normalized spacial score (nSPS) is 46.4. The summed E-state index contributed by atoms with van der Waals surface area (Å²) in [5.41, 5.74) is 0. The van der Waals surface area contributed by atoms with Gasteiger partial charge in [0.25, 0.3) is 0 Å². The standard InChI is InChI=1S/C8H16O5/c9-2-1-4-3-5(10)7(12)8(13)6(4)11/h4-13H,1-3H2/t4-,5-,6-,7-,8-/m1/s1. The first-order valence-corrected chi connectivity index (χ1v) is 4.41. The lowest BCUT2D eigenvalue weighted by Gasteiger charge is -2.38. The maximum Gasteiger partial charge on any atom is 0.108 e. The molecule has 1 aliphatic rings. The molecule has 1 fully saturated rings. The first kappa shape index (κ1) is 10.9. The second kappa shape index (κ2) is 4.34. The van der Waals surface area contributed by atoms with E-state index in [0.29, 0.717) is 6.42 Å². The molecule has 0 spiro atoms. The Bertz CT molecular complexity index is 163. The van der Waals surface area contributed by atoms with Gasteiger partial charge in [0.1, 0.15) is 12.2 Å². The second-order valence-electron chi connectivity index (χ2n) is 3.55. The molecule has 0 radical (unpaired) electrons. The van der Waals surface area contributed by atoms with Crippen LogP contribution < -0.4 is 0 Å². The Balaban J connectivity index is 2.59. The topological polar surface area (TPSA) is 101 Å². The molecule has 1 rings (SSSR count). The predicted molar refractivity (Wildman–Crippen MR) is 43.8 cm³/mol. The van der Waals surface area contributed by atoms with Crippen LogP contribution >= 0.6 is 0 Å². The lowest BCUT2D eigenvalue weighted by atomic mass is 9.79. The lowest BCUT2D eigenvalue weighted by Crippen LogP contribution is -2.53. The number of aliphatic hydroxyl groups excluding tert-OH is 5. The van der Waals surface area contributed by atoms with E-state index < -0.39 is 24.4 Å². The molecule has 5 N–H and O–H groups in total. The van der Waals surface area contributed by atoms with Gasteiger partial charge in [0.15, 0.2) is 0 Å². The van der Waals surface area contributed by atoms with Crippen LogP contribution in [0.25, 0.3) is 0 Å². The molecular weight excluding hydrogens is 176 g/mol. The number of hydrogen-bond donors (Lipinski definition) is 5. The van der Waals surface area contributed by atoms with Crippen molar-refractivity contribution in [1.29, 1.82) is 0 Å². The Morgan fingerprint density at radius 2 is 1.54 bits per heavy atom. The summed E-state index contributed by atoms with van der Waals surface area (Å²) >= 11 is 0. The molecule has 0 unspecified atom stereocenters. The summed E-state index contributed by atoms with van der Waals surface area (Å²) in [4.78, 5) is 0. The average Bonchev–Trinajstić information content (AvgIpc) is 2.11. The Hall–Kier alpha value is -0.200. The summed E-state index contributed by atoms with van der Waals surface area (Å²) in [6.45, 7) is -0.0999. The highest BCUT2D eigenvalue weighted by Gasteiger charge is 2.41. The fourth-order valence-electron chi connectivity index (χ4n) is 1.75. The van der Waals surface area contributed by atoms with Gasteiger partial charge in [-0.15, -0.1) is 0 Å². The summed E-state index contributed by atoms with van der Waals surface area (Å²) < 4.78 is 0. The van der Waals surface area contributed by atoms with E-state index in [9.17, 15) is 20.4 Å². The van der Waals surface area contributed by atoms with Crippen molar-refractivity contribution < 1.29 is 25.5 Å². The van der Waals surface area contributed by atoms with Crippen LogP contribution in [0.3, 0.4) is 0 Å². The molecule has 5 heteroatoms. The molecule has 0 saturated heterocycles. The van der Waals surface area contributed by atoms with Crippen molar-refractivity contribution in [3.63, 3.8) is 0 Å². The molecule has 5 atom stereocenters. The zero-order chi connectivity index (χ0) is 10.0. The molecule has 78 valence electrons. The Morgan fingerprint density at radius 1 is 0.923 bits per heavy atom. The molecule has 0 bridgehead atoms. The van der Waals surface area contributed by atoms with Crippen LogP contribution in [0.15, 0.2) is 0 Å². The van der Waals surface area contributed by atoms with Gasteiger partial charge in [-0.3, -0.25) is 0 Å². The largest absolute Gasteiger partial charge is 0.396 e. The molecule has 5 nitrogen and oxygen atoms in total. The van der Waals surface area contributed by atoms with E-state index in [0.717, 1.165) is 0 Å². The van der Waals surface area contributed by atoms with Gasteiger partial charge in [-0.1, -0.05) is 0 Å². The van der Waals surface area contributed by atoms with Crippen LogP contribution in [0, 0.1) is 5.92 Å². The highest BCUT2D eigenvalue weighted by atomic mass is 16.4. The maximum atomic E-state index is 9.42. The van der Waals surface area contributed by atoms with E-state index in [-0.39, 0.29) is 18.9 Å². The smallest absolute Gasteiger partial charge is 0.108 e. The lowest BCUT2D eigenvalue weighted by molar-refractivity contribution is -0.159. The van der Waals surface area contributed by atoms with Crippen molar-refractivity contribution in [2.75, 3.05) is 6.61 Å². The molecule has 1 saturated carbocycles. The minimum Gasteiger partial charge on any atom is -0.396 e. The first-order valence-electron chi connectivity index (χ1n) is 4.41. The van der Waals surface area contributed by atoms with Gasteiger partial charge < -0.3 is 25.5 Å². The fourth-order valence-corrected chi connectivity index (χ4v) is 1.75. The van der Waals surface area contributed by atoms with Crippen LogP contribution in [0.4, 0.5) is 0 Å². The van der Waals surface area contributed by atoms with Crippen molar-refractivity contribution in [3.05, 3.63) is 0 Å². The van der Waals surface area contributed by atoms with Gasteiger partial charge in [0.2, 0.25) is 0 Å². The average molecular weight is 192 g/mol. The molecule has 13 heavy (non-hydrogen) atoms. The van der Waals surface area contributed by atoms with Crippen molar-refractivity contribution in [3.8, 4) is 0 Å². The quantitative estimate of drug-likeness (QED) is 0.343. The Morgan fingerprint density at radius 3 is 2.08 bits per heavy atom. The highest BCUT2D eigenvalue weighted by molar-refractivity contribution is 4.92. The van der Waals surface area contributed by atoms with Gasteiger partial charge in [0.05, 0.1) is 12.2 Å². The first-order chi connectivity index (χ1) is 6.07. The van der Waals surface area contributed by atoms with Gasteiger partial charge in [-0.25, -0.2) is 0 Å². The van der Waals surface area contributed by atoms with Crippen LogP contribution in [-0.4, -0.2) is 56.6 Å². The predicted octanol–water partition coefficient (Wildman–Crippen LogP) is -2.17. The van der Waals surface area contributed by atoms with Gasteiger partial charge >= 0.3 is 0 Å². The third-order valence-electron chi connectivity index (χ3n) is 2.62. The number of aliphatic hydroxyl groups is 5. The highest BCUT2D eigenvalue weighted by Crippen LogP contribution is 2.27. The van der Waals surface area contributed by atoms with E-state index in [2.05, 4.69) is 0 Å². The van der Waals surface area contributed by atoms with E-state index in [4.69, 9.17) is 5.11 Å². The Kier molecular flexibility index (Phi) is 3.63. The fraction of sp³-hybridized carbons (Fsp3) is 1.00. The van der Waals surface area contributed by atoms with Crippen molar-refractivity contribution >= 4 is 0 Å². The molecule has 0 heterocycles. The molecular formula is C8H16O5. The number of rotatable bonds is 2. The number of hydrogen-bond acceptors (Lipinski definition) is 5. The summed E-state index contributed by atoms with van der Waals surface area (Å²) in [5.74, 6) is -0.349. The summed E-state index contributed by atoms with van der Waals surface area (Å²) in [7, 11) is 0. The Labute approximate surface area is 76.3 Å². The van der Waals surface area contributed by atoms with Crippen molar-refractivity contribution in [1.82, 2.24) is 0 Å². The van der Waals surface area contributed by atoms with Crippen molar-refractivity contribution in [2.45, 2.75) is 37.3 Å². The molecule has 0 aromatic rings. The van der Waals surface area contributed by atoms with Crippen LogP contribution in [0.1, 0.15) is 12.8 Å². The molecule has 0 amide bonds. The van der Waals surface area contributed by atoms with Crippen LogP contribution in [0.2, 0.25) is 0 Å². The molecule has 0 aromatic heterocycles. The van der Waals surface area contributed by atoms with Crippen LogP contribution in [-0.2, 0) is 0 Å². The monoisotopic (exact) mass is 192 g/mol. The van der Waals surface area contributed by atoms with Crippen molar-refractivity contribution in [2.24, 2.45) is 5.92 Å². The molecule has 1 aliphatic carbocycles. The second-order valence-corrected chi connectivity index (χ2v) is 3.55. The van der Waals surface area contributed by atoms with E-state index >= 15 is 0 Å². The zero-order valence-electron chi connectivity index (χ0n) is 7.24. The molecule has 0 aromatic carbocycles. The van der Waals surface area contributed by atoms with Crippen LogP contribution in [0.5, 0.6) is 0 Å². The molecule has 0 aliphatic heterocycles. The third-order valence-corrected chi connectivity index (χ3v) is 2.62. The zero-order valence-corrected chi connectivity index (χ0v) is 7.24. The summed E-state index contributed by atoms with van der Waals surface area (Å²) in [5, 5.41) is 45.8.